The van der Waals surface area contributed by atoms with Crippen molar-refractivity contribution in [3.05, 3.63) is 0 Å². The lowest BCUT2D eigenvalue weighted by Gasteiger charge is -2.56. The molecule has 5 fully saturated rings. The summed E-state index contributed by atoms with van der Waals surface area (Å²) in [6.07, 6.45) is 0.400. The first kappa shape index (κ1) is 10.3. The van der Waals surface area contributed by atoms with Crippen LogP contribution >= 0.6 is 11.6 Å². The van der Waals surface area contributed by atoms with Gasteiger partial charge in [0, 0.05) is 0 Å². The lowest BCUT2D eigenvalue weighted by molar-refractivity contribution is -0.194. The Hall–Kier alpha value is 0.0900. The van der Waals surface area contributed by atoms with E-state index in [-0.39, 0.29) is 0 Å². The maximum absolute atomic E-state index is 5.27. The summed E-state index contributed by atoms with van der Waals surface area (Å²) in [6, 6.07) is 0. The highest BCUT2D eigenvalue weighted by Crippen LogP contribution is 2.20. The second-order valence-electron chi connectivity index (χ2n) is 4.64. The fraction of sp³-hybridized carbons (Fsp3) is 1.00. The van der Waals surface area contributed by atoms with Gasteiger partial charge in [0.1, 0.15) is 0 Å². The highest BCUT2D eigenvalue weighted by Gasteiger charge is 2.36. The van der Waals surface area contributed by atoms with Crippen LogP contribution in [0.5, 0.6) is 0 Å². The number of halogens is 1. The zero-order valence-electron chi connectivity index (χ0n) is 8.81. The third-order valence-electron chi connectivity index (χ3n) is 2.97. The number of hydrogen-bond donors (Lipinski definition) is 0. The molecule has 0 aromatic carbocycles. The van der Waals surface area contributed by atoms with Gasteiger partial charge in [-0.25, -0.2) is 0 Å². The smallest absolute Gasteiger partial charge is 0.0944 e. The van der Waals surface area contributed by atoms with E-state index < -0.39 is 0 Å². The summed E-state index contributed by atoms with van der Waals surface area (Å²) in [6.45, 7) is 8.00. The predicted molar refractivity (Wildman–Crippen MR) is 57.0 cm³/mol. The lowest BCUT2D eigenvalue weighted by Crippen LogP contribution is -2.71. The average Bonchev–Trinajstić information content (AvgIpc) is 2.99. The summed E-state index contributed by atoms with van der Waals surface area (Å²) in [5, 5.41) is 0. The van der Waals surface area contributed by atoms with Crippen LogP contribution in [0.4, 0.5) is 0 Å². The van der Waals surface area contributed by atoms with Crippen molar-refractivity contribution in [2.75, 3.05) is 52.5 Å². The maximum atomic E-state index is 5.27. The highest BCUT2D eigenvalue weighted by molar-refractivity contribution is 6.18. The Kier molecular flexibility index (Phi) is 2.84. The normalized spacial score (nSPS) is 49.8. The molecule has 0 aromatic heterocycles. The van der Waals surface area contributed by atoms with Crippen molar-refractivity contribution in [3.63, 3.8) is 0 Å². The third-order valence-corrected chi connectivity index (χ3v) is 3.32. The average molecular weight is 233 g/mol. The van der Waals surface area contributed by atoms with Crippen molar-refractivity contribution < 1.29 is 4.74 Å². The molecule has 0 spiro atoms. The SMILES string of the molecule is C1N2CN3CN1CN(C2)C3.ClCC1CO1. The maximum Gasteiger partial charge on any atom is 0.0944 e. The molecule has 5 saturated heterocycles. The Morgan fingerprint density at radius 2 is 1.20 bits per heavy atom. The number of nitrogens with zero attached hydrogens (tertiary/aromatic N) is 4. The van der Waals surface area contributed by atoms with E-state index >= 15 is 0 Å². The molecule has 1 unspecified atom stereocenters. The van der Waals surface area contributed by atoms with Crippen LogP contribution in [-0.4, -0.2) is 78.2 Å². The zero-order chi connectivity index (χ0) is 10.3. The summed E-state index contributed by atoms with van der Waals surface area (Å²) in [4.78, 5) is 9.88. The number of alkyl halides is 1. The predicted octanol–water partition coefficient (Wildman–Crippen LogP) is -0.396. The highest BCUT2D eigenvalue weighted by atomic mass is 35.5. The molecule has 5 aliphatic rings. The Bertz CT molecular complexity index is 180. The fourth-order valence-corrected chi connectivity index (χ4v) is 2.57. The Labute approximate surface area is 95.1 Å². The summed E-state index contributed by atoms with van der Waals surface area (Å²) >= 11 is 5.27. The van der Waals surface area contributed by atoms with Gasteiger partial charge >= 0.3 is 0 Å². The van der Waals surface area contributed by atoms with E-state index in [0.29, 0.717) is 12.0 Å². The Morgan fingerprint density at radius 1 is 0.867 bits per heavy atom. The fourth-order valence-electron chi connectivity index (χ4n) is 2.39. The van der Waals surface area contributed by atoms with Crippen LogP contribution in [0.25, 0.3) is 0 Å². The molecule has 6 heteroatoms. The first-order chi connectivity index (χ1) is 7.33. The minimum absolute atomic E-state index is 0.400. The van der Waals surface area contributed by atoms with Crippen molar-refractivity contribution in [2.45, 2.75) is 6.10 Å². The molecule has 0 aliphatic carbocycles. The van der Waals surface area contributed by atoms with Crippen molar-refractivity contribution in [1.29, 1.82) is 0 Å². The molecule has 0 saturated carbocycles. The monoisotopic (exact) mass is 232 g/mol. The summed E-state index contributed by atoms with van der Waals surface area (Å²) in [7, 11) is 0. The van der Waals surface area contributed by atoms with Crippen molar-refractivity contribution in [2.24, 2.45) is 0 Å². The standard InChI is InChI=1S/C6H12N4.C3H5ClO/c1-7-2-9-4-8(1)5-10(3-7)6-9;4-1-3-2-5-3/h1-6H2;3H,1-2H2. The van der Waals surface area contributed by atoms with E-state index in [0.717, 1.165) is 6.61 Å². The van der Waals surface area contributed by atoms with Crippen LogP contribution in [0, 0.1) is 0 Å². The Balaban J connectivity index is 0.000000123. The van der Waals surface area contributed by atoms with Gasteiger partial charge in [0.05, 0.1) is 58.6 Å². The Morgan fingerprint density at radius 3 is 1.33 bits per heavy atom. The molecule has 5 heterocycles. The van der Waals surface area contributed by atoms with Gasteiger partial charge in [-0.2, -0.15) is 0 Å². The van der Waals surface area contributed by atoms with Gasteiger partial charge < -0.3 is 4.74 Å². The number of epoxide rings is 1. The van der Waals surface area contributed by atoms with Gasteiger partial charge in [-0.05, 0) is 0 Å². The van der Waals surface area contributed by atoms with E-state index in [2.05, 4.69) is 19.6 Å². The molecule has 0 amide bonds. The molecule has 0 aromatic rings. The van der Waals surface area contributed by atoms with Gasteiger partial charge in [-0.3, -0.25) is 19.6 Å². The summed E-state index contributed by atoms with van der Waals surface area (Å²) in [5.41, 5.74) is 0. The molecule has 5 aliphatic heterocycles. The van der Waals surface area contributed by atoms with Crippen LogP contribution in [0.15, 0.2) is 0 Å². The molecule has 15 heavy (non-hydrogen) atoms. The number of ether oxygens (including phenoxy) is 1. The first-order valence-electron chi connectivity index (χ1n) is 5.40. The van der Waals surface area contributed by atoms with Crippen LogP contribution in [0.1, 0.15) is 0 Å². The van der Waals surface area contributed by atoms with E-state index in [1.165, 1.54) is 40.0 Å². The number of hydrogen-bond acceptors (Lipinski definition) is 5. The van der Waals surface area contributed by atoms with Crippen molar-refractivity contribution in [1.82, 2.24) is 19.6 Å². The molecule has 5 rings (SSSR count). The zero-order valence-corrected chi connectivity index (χ0v) is 9.57. The minimum Gasteiger partial charge on any atom is -0.372 e. The molecule has 0 radical (unpaired) electrons. The van der Waals surface area contributed by atoms with Gasteiger partial charge in [-0.1, -0.05) is 0 Å². The largest absolute Gasteiger partial charge is 0.372 e. The van der Waals surface area contributed by atoms with E-state index in [1.807, 2.05) is 0 Å². The summed E-state index contributed by atoms with van der Waals surface area (Å²) < 4.78 is 4.73. The van der Waals surface area contributed by atoms with Gasteiger partial charge in [-0.15, -0.1) is 11.6 Å². The number of rotatable bonds is 1. The minimum atomic E-state index is 0.400. The lowest BCUT2D eigenvalue weighted by atomic mass is 10.4. The van der Waals surface area contributed by atoms with Crippen LogP contribution in [0.2, 0.25) is 0 Å². The second kappa shape index (κ2) is 4.16. The van der Waals surface area contributed by atoms with Crippen LogP contribution in [-0.2, 0) is 4.74 Å². The van der Waals surface area contributed by atoms with Crippen molar-refractivity contribution in [3.8, 4) is 0 Å². The second-order valence-corrected chi connectivity index (χ2v) is 4.95. The third kappa shape index (κ3) is 2.43. The molecule has 86 valence electrons. The molecule has 0 N–H and O–H groups in total. The quantitative estimate of drug-likeness (QED) is 0.453. The van der Waals surface area contributed by atoms with Gasteiger partial charge in [0.15, 0.2) is 0 Å². The molecular weight excluding hydrogens is 216 g/mol. The van der Waals surface area contributed by atoms with E-state index in [4.69, 9.17) is 16.3 Å². The van der Waals surface area contributed by atoms with Gasteiger partial charge in [0.25, 0.3) is 0 Å². The molecule has 1 atom stereocenters. The van der Waals surface area contributed by atoms with Crippen molar-refractivity contribution >= 4 is 11.6 Å². The first-order valence-corrected chi connectivity index (χ1v) is 5.94. The van der Waals surface area contributed by atoms with E-state index in [9.17, 15) is 0 Å². The van der Waals surface area contributed by atoms with Crippen LogP contribution < -0.4 is 0 Å². The van der Waals surface area contributed by atoms with Gasteiger partial charge in [0.2, 0.25) is 0 Å². The molecule has 4 bridgehead atoms. The van der Waals surface area contributed by atoms with Crippen LogP contribution in [0.3, 0.4) is 0 Å². The molecule has 5 nitrogen and oxygen atoms in total. The van der Waals surface area contributed by atoms with E-state index in [1.54, 1.807) is 0 Å². The summed E-state index contributed by atoms with van der Waals surface area (Å²) in [5.74, 6) is 0.667. The topological polar surface area (TPSA) is 25.5 Å². The molecular formula is C9H17ClN4O.